The van der Waals surface area contributed by atoms with Crippen molar-refractivity contribution in [2.75, 3.05) is 26.7 Å². The maximum atomic E-state index is 12.6. The number of urea groups is 1. The van der Waals surface area contributed by atoms with Crippen molar-refractivity contribution >= 4 is 6.03 Å². The van der Waals surface area contributed by atoms with E-state index in [1.807, 2.05) is 23.4 Å². The molecule has 1 aliphatic carbocycles. The van der Waals surface area contributed by atoms with Crippen molar-refractivity contribution in [1.29, 1.82) is 0 Å². The van der Waals surface area contributed by atoms with E-state index < -0.39 is 0 Å². The monoisotopic (exact) mass is 386 g/mol. The number of aromatic nitrogens is 1. The minimum atomic E-state index is -0.0461. The Hall–Kier alpha value is -1.66. The largest absolute Gasteiger partial charge is 0.373 e. The summed E-state index contributed by atoms with van der Waals surface area (Å²) in [5, 5.41) is 3.25. The molecule has 2 saturated heterocycles. The molecule has 1 aromatic heterocycles. The first-order valence-corrected chi connectivity index (χ1v) is 10.9. The van der Waals surface area contributed by atoms with Gasteiger partial charge in [0.25, 0.3) is 0 Å². The molecule has 0 radical (unpaired) electrons. The van der Waals surface area contributed by atoms with Crippen molar-refractivity contribution in [2.24, 2.45) is 0 Å². The fourth-order valence-electron chi connectivity index (χ4n) is 4.99. The van der Waals surface area contributed by atoms with Crippen LogP contribution in [0.1, 0.15) is 56.9 Å². The van der Waals surface area contributed by atoms with Gasteiger partial charge in [0.05, 0.1) is 12.2 Å². The van der Waals surface area contributed by atoms with Crippen LogP contribution >= 0.6 is 0 Å². The normalized spacial score (nSPS) is 25.4. The van der Waals surface area contributed by atoms with Gasteiger partial charge >= 0.3 is 6.03 Å². The minimum absolute atomic E-state index is 0.0461. The summed E-state index contributed by atoms with van der Waals surface area (Å²) in [6.45, 7) is 3.29. The van der Waals surface area contributed by atoms with E-state index in [0.717, 1.165) is 58.3 Å². The second kappa shape index (κ2) is 8.78. The first-order valence-electron chi connectivity index (χ1n) is 10.9. The molecule has 0 aromatic carbocycles. The molecule has 2 aliphatic heterocycles. The third-order valence-electron chi connectivity index (χ3n) is 6.86. The molecule has 154 valence electrons. The fraction of sp³-hybridized carbons (Fsp3) is 0.727. The van der Waals surface area contributed by atoms with E-state index >= 15 is 0 Å². The van der Waals surface area contributed by atoms with Gasteiger partial charge in [0.2, 0.25) is 0 Å². The van der Waals surface area contributed by atoms with E-state index in [-0.39, 0.29) is 11.6 Å². The topological polar surface area (TPSA) is 57.7 Å². The number of piperidine rings is 1. The van der Waals surface area contributed by atoms with Crippen molar-refractivity contribution in [3.8, 4) is 0 Å². The first-order chi connectivity index (χ1) is 13.6. The number of hydrogen-bond acceptors (Lipinski definition) is 4. The molecule has 2 amide bonds. The molecular formula is C22H34N4O2. The second-order valence-electron chi connectivity index (χ2n) is 8.90. The summed E-state index contributed by atoms with van der Waals surface area (Å²) >= 11 is 0. The number of ether oxygens (including phenoxy) is 1. The van der Waals surface area contributed by atoms with Crippen molar-refractivity contribution in [2.45, 2.75) is 75.6 Å². The lowest BCUT2D eigenvalue weighted by atomic mass is 9.87. The van der Waals surface area contributed by atoms with Crippen molar-refractivity contribution < 1.29 is 9.53 Å². The molecule has 4 rings (SSSR count). The number of nitrogens with zero attached hydrogens (tertiary/aromatic N) is 3. The predicted octanol–water partition coefficient (Wildman–Crippen LogP) is 3.18. The highest BCUT2D eigenvalue weighted by atomic mass is 16.5. The Morgan fingerprint density at radius 2 is 2.11 bits per heavy atom. The Balaban J connectivity index is 1.24. The lowest BCUT2D eigenvalue weighted by Crippen LogP contribution is -2.52. The SMILES string of the molecule is CN(Cc1cccnc1)C1COC2(CCN(C(=O)NC3CCCCC3)CC2)C1. The molecule has 1 unspecified atom stereocenters. The van der Waals surface area contributed by atoms with Crippen LogP contribution in [0, 0.1) is 0 Å². The molecule has 6 nitrogen and oxygen atoms in total. The van der Waals surface area contributed by atoms with Gasteiger partial charge in [-0.15, -0.1) is 0 Å². The Kier molecular flexibility index (Phi) is 6.16. The van der Waals surface area contributed by atoms with Crippen LogP contribution in [0.2, 0.25) is 0 Å². The van der Waals surface area contributed by atoms with Crippen molar-refractivity contribution in [3.05, 3.63) is 30.1 Å². The number of carbonyl (C=O) groups excluding carboxylic acids is 1. The number of carbonyl (C=O) groups is 1. The molecule has 3 heterocycles. The van der Waals surface area contributed by atoms with Gasteiger partial charge in [0.1, 0.15) is 0 Å². The summed E-state index contributed by atoms with van der Waals surface area (Å²) in [5.74, 6) is 0. The minimum Gasteiger partial charge on any atom is -0.373 e. The quantitative estimate of drug-likeness (QED) is 0.863. The number of hydrogen-bond donors (Lipinski definition) is 1. The molecule has 3 aliphatic rings. The van der Waals surface area contributed by atoms with Gasteiger partial charge in [0.15, 0.2) is 0 Å². The molecule has 1 saturated carbocycles. The van der Waals surface area contributed by atoms with Crippen molar-refractivity contribution in [3.63, 3.8) is 0 Å². The standard InChI is InChI=1S/C22H34N4O2/c1-25(16-18-6-5-11-23-15-18)20-14-22(28-17-20)9-12-26(13-10-22)21(27)24-19-7-3-2-4-8-19/h5-6,11,15,19-20H,2-4,7-10,12-14,16-17H2,1H3,(H,24,27). The third kappa shape index (κ3) is 4.66. The number of likely N-dealkylation sites (tertiary alicyclic amines) is 1. The maximum Gasteiger partial charge on any atom is 0.317 e. The average Bonchev–Trinajstić information content (AvgIpc) is 3.14. The summed E-state index contributed by atoms with van der Waals surface area (Å²) in [6.07, 6.45) is 12.8. The highest BCUT2D eigenvalue weighted by Gasteiger charge is 2.44. The summed E-state index contributed by atoms with van der Waals surface area (Å²) in [6, 6.07) is 5.06. The molecule has 1 N–H and O–H groups in total. The lowest BCUT2D eigenvalue weighted by Gasteiger charge is -2.39. The Morgan fingerprint density at radius 1 is 1.32 bits per heavy atom. The molecule has 1 spiro atoms. The highest BCUT2D eigenvalue weighted by Crippen LogP contribution is 2.37. The number of pyridine rings is 1. The number of rotatable bonds is 4. The van der Waals surface area contributed by atoms with E-state index in [4.69, 9.17) is 4.74 Å². The Labute approximate surface area is 168 Å². The first kappa shape index (κ1) is 19.6. The fourth-order valence-corrected chi connectivity index (χ4v) is 4.99. The van der Waals surface area contributed by atoms with E-state index in [0.29, 0.717) is 12.1 Å². The van der Waals surface area contributed by atoms with Gasteiger partial charge in [-0.2, -0.15) is 0 Å². The van der Waals surface area contributed by atoms with Gasteiger partial charge in [-0.3, -0.25) is 9.88 Å². The highest BCUT2D eigenvalue weighted by molar-refractivity contribution is 5.74. The molecule has 1 aromatic rings. The van der Waals surface area contributed by atoms with E-state index in [1.54, 1.807) is 0 Å². The zero-order chi connectivity index (χ0) is 19.4. The molecule has 28 heavy (non-hydrogen) atoms. The van der Waals surface area contributed by atoms with Gasteiger partial charge in [-0.05, 0) is 50.8 Å². The van der Waals surface area contributed by atoms with Crippen LogP contribution in [0.15, 0.2) is 24.5 Å². The van der Waals surface area contributed by atoms with Gasteiger partial charge in [0, 0.05) is 44.1 Å². The number of amides is 2. The maximum absolute atomic E-state index is 12.6. The van der Waals surface area contributed by atoms with Crippen LogP contribution in [0.4, 0.5) is 4.79 Å². The Bertz CT molecular complexity index is 639. The summed E-state index contributed by atoms with van der Waals surface area (Å²) in [4.78, 5) is 21.2. The lowest BCUT2D eigenvalue weighted by molar-refractivity contribution is -0.0369. The molecule has 6 heteroatoms. The van der Waals surface area contributed by atoms with Crippen LogP contribution in [-0.2, 0) is 11.3 Å². The zero-order valence-corrected chi connectivity index (χ0v) is 17.1. The molecule has 0 bridgehead atoms. The molecule has 1 atom stereocenters. The average molecular weight is 387 g/mol. The second-order valence-corrected chi connectivity index (χ2v) is 8.90. The summed E-state index contributed by atoms with van der Waals surface area (Å²) < 4.78 is 6.32. The van der Waals surface area contributed by atoms with E-state index in [1.165, 1.54) is 24.8 Å². The number of nitrogens with one attached hydrogen (secondary N) is 1. The van der Waals surface area contributed by atoms with Crippen LogP contribution in [0.3, 0.4) is 0 Å². The summed E-state index contributed by atoms with van der Waals surface area (Å²) in [5.41, 5.74) is 1.19. The van der Waals surface area contributed by atoms with Crippen LogP contribution in [-0.4, -0.2) is 65.2 Å². The zero-order valence-electron chi connectivity index (χ0n) is 17.1. The number of likely N-dealkylation sites (N-methyl/N-ethyl adjacent to an activating group) is 1. The third-order valence-corrected chi connectivity index (χ3v) is 6.86. The van der Waals surface area contributed by atoms with Gasteiger partial charge in [-0.1, -0.05) is 25.3 Å². The van der Waals surface area contributed by atoms with E-state index in [9.17, 15) is 4.79 Å². The van der Waals surface area contributed by atoms with Gasteiger partial charge < -0.3 is 15.0 Å². The predicted molar refractivity (Wildman–Crippen MR) is 109 cm³/mol. The van der Waals surface area contributed by atoms with E-state index in [2.05, 4.69) is 28.3 Å². The smallest absolute Gasteiger partial charge is 0.317 e. The Morgan fingerprint density at radius 3 is 2.82 bits per heavy atom. The molecular weight excluding hydrogens is 352 g/mol. The summed E-state index contributed by atoms with van der Waals surface area (Å²) in [7, 11) is 2.17. The molecule has 3 fully saturated rings. The van der Waals surface area contributed by atoms with Crippen LogP contribution in [0.25, 0.3) is 0 Å². The van der Waals surface area contributed by atoms with Gasteiger partial charge in [-0.25, -0.2) is 4.79 Å². The van der Waals surface area contributed by atoms with Crippen LogP contribution < -0.4 is 5.32 Å². The van der Waals surface area contributed by atoms with Crippen molar-refractivity contribution in [1.82, 2.24) is 20.1 Å². The van der Waals surface area contributed by atoms with Crippen LogP contribution in [0.5, 0.6) is 0 Å².